The Morgan fingerprint density at radius 3 is 2.86 bits per heavy atom. The largest absolute Gasteiger partial charge is 0.381 e. The molecule has 0 amide bonds. The van der Waals surface area contributed by atoms with Crippen molar-refractivity contribution < 1.29 is 4.74 Å². The quantitative estimate of drug-likeness (QED) is 0.849. The van der Waals surface area contributed by atoms with Gasteiger partial charge < -0.3 is 10.1 Å². The monoisotopic (exact) mass is 381 g/mol. The molecule has 0 atom stereocenters. The van der Waals surface area contributed by atoms with Crippen LogP contribution in [0.2, 0.25) is 0 Å². The van der Waals surface area contributed by atoms with E-state index in [9.17, 15) is 0 Å². The van der Waals surface area contributed by atoms with E-state index in [1.807, 2.05) is 0 Å². The Hall–Kier alpha value is -0.980. The van der Waals surface area contributed by atoms with Gasteiger partial charge in [0.2, 0.25) is 5.13 Å². The summed E-state index contributed by atoms with van der Waals surface area (Å²) in [6.45, 7) is 4.56. The molecular weight excluding hydrogens is 362 g/mol. The summed E-state index contributed by atoms with van der Waals surface area (Å²) in [5, 5.41) is 4.42. The van der Waals surface area contributed by atoms with E-state index in [0.29, 0.717) is 0 Å². The molecule has 0 spiro atoms. The average Bonchev–Trinajstić information content (AvgIpc) is 3.02. The lowest BCUT2D eigenvalue weighted by Gasteiger charge is -2.38. The van der Waals surface area contributed by atoms with Gasteiger partial charge in [0.25, 0.3) is 0 Å². The van der Waals surface area contributed by atoms with Gasteiger partial charge in [0.1, 0.15) is 5.82 Å². The number of halogens is 1. The Balaban J connectivity index is 1.80. The number of hydrogen-bond donors (Lipinski definition) is 1. The normalized spacial score (nSPS) is 17.4. The molecule has 0 bridgehead atoms. The molecule has 1 aliphatic rings. The molecule has 2 aromatic rings. The summed E-state index contributed by atoms with van der Waals surface area (Å²) in [7, 11) is 0. The number of hydrogen-bond acceptors (Lipinski definition) is 5. The van der Waals surface area contributed by atoms with Crippen LogP contribution in [-0.4, -0.2) is 29.1 Å². The lowest BCUT2D eigenvalue weighted by atomic mass is 9.74. The van der Waals surface area contributed by atoms with Crippen molar-refractivity contribution in [3.05, 3.63) is 40.1 Å². The zero-order chi connectivity index (χ0) is 15.4. The van der Waals surface area contributed by atoms with Gasteiger partial charge >= 0.3 is 0 Å². The molecule has 1 aromatic heterocycles. The third kappa shape index (κ3) is 3.50. The molecule has 0 aliphatic carbocycles. The maximum absolute atomic E-state index is 5.59. The Labute approximate surface area is 143 Å². The van der Waals surface area contributed by atoms with Crippen LogP contribution in [0.1, 0.15) is 31.2 Å². The number of rotatable bonds is 5. The molecule has 1 aliphatic heterocycles. The van der Waals surface area contributed by atoms with Gasteiger partial charge in [-0.2, -0.15) is 4.37 Å². The van der Waals surface area contributed by atoms with E-state index in [4.69, 9.17) is 4.74 Å². The van der Waals surface area contributed by atoms with Crippen molar-refractivity contribution in [1.29, 1.82) is 0 Å². The van der Waals surface area contributed by atoms with Crippen LogP contribution < -0.4 is 5.32 Å². The van der Waals surface area contributed by atoms with E-state index in [1.165, 1.54) is 17.1 Å². The Bertz CT molecular complexity index is 625. The smallest absolute Gasteiger partial charge is 0.202 e. The number of benzene rings is 1. The van der Waals surface area contributed by atoms with E-state index in [-0.39, 0.29) is 5.41 Å². The molecule has 6 heteroatoms. The number of anilines is 1. The molecule has 22 heavy (non-hydrogen) atoms. The molecule has 2 heterocycles. The van der Waals surface area contributed by atoms with Gasteiger partial charge in [0.05, 0.1) is 0 Å². The number of ether oxygens (including phenoxy) is 1. The summed E-state index contributed by atoms with van der Waals surface area (Å²) in [4.78, 5) is 4.51. The fourth-order valence-corrected chi connectivity index (χ4v) is 3.91. The van der Waals surface area contributed by atoms with Crippen LogP contribution in [0.4, 0.5) is 5.13 Å². The van der Waals surface area contributed by atoms with Gasteiger partial charge in [0.15, 0.2) is 0 Å². The first-order chi connectivity index (χ1) is 10.7. The third-order valence-electron chi connectivity index (χ3n) is 4.25. The molecule has 3 rings (SSSR count). The van der Waals surface area contributed by atoms with E-state index in [0.717, 1.165) is 54.4 Å². The minimum absolute atomic E-state index is 0.0973. The van der Waals surface area contributed by atoms with Crippen LogP contribution in [0.5, 0.6) is 0 Å². The van der Waals surface area contributed by atoms with E-state index < -0.39 is 0 Å². The molecular formula is C16H20BrN3OS. The summed E-state index contributed by atoms with van der Waals surface area (Å²) in [6.07, 6.45) is 2.93. The maximum Gasteiger partial charge on any atom is 0.202 e. The van der Waals surface area contributed by atoms with E-state index >= 15 is 0 Å². The molecule has 1 saturated heterocycles. The molecule has 0 radical (unpaired) electrons. The highest BCUT2D eigenvalue weighted by Crippen LogP contribution is 2.36. The fourth-order valence-electron chi connectivity index (χ4n) is 2.86. The van der Waals surface area contributed by atoms with Gasteiger partial charge in [0, 0.05) is 47.6 Å². The van der Waals surface area contributed by atoms with Crippen LogP contribution in [0.3, 0.4) is 0 Å². The van der Waals surface area contributed by atoms with Crippen molar-refractivity contribution in [2.45, 2.75) is 31.6 Å². The second-order valence-corrected chi connectivity index (χ2v) is 7.29. The van der Waals surface area contributed by atoms with E-state index in [2.05, 4.69) is 61.8 Å². The summed E-state index contributed by atoms with van der Waals surface area (Å²) in [5.74, 6) is 0.913. The van der Waals surface area contributed by atoms with Gasteiger partial charge in [-0.3, -0.25) is 0 Å². The minimum atomic E-state index is 0.0973. The molecule has 118 valence electrons. The number of nitrogens with one attached hydrogen (secondary N) is 1. The fraction of sp³-hybridized carbons (Fsp3) is 0.500. The molecule has 1 N–H and O–H groups in total. The summed E-state index contributed by atoms with van der Waals surface area (Å²) in [6, 6.07) is 8.62. The van der Waals surface area contributed by atoms with Crippen molar-refractivity contribution in [3.8, 4) is 0 Å². The maximum atomic E-state index is 5.59. The van der Waals surface area contributed by atoms with Gasteiger partial charge in [-0.15, -0.1) is 0 Å². The Morgan fingerprint density at radius 1 is 1.36 bits per heavy atom. The van der Waals surface area contributed by atoms with Crippen LogP contribution in [0.15, 0.2) is 28.7 Å². The summed E-state index contributed by atoms with van der Waals surface area (Å²) >= 11 is 5.04. The summed E-state index contributed by atoms with van der Waals surface area (Å²) in [5.41, 5.74) is 1.46. The first-order valence-electron chi connectivity index (χ1n) is 7.62. The van der Waals surface area contributed by atoms with Crippen LogP contribution in [-0.2, 0) is 16.6 Å². The van der Waals surface area contributed by atoms with Crippen LogP contribution in [0, 0.1) is 0 Å². The number of aromatic nitrogens is 2. The van der Waals surface area contributed by atoms with Crippen molar-refractivity contribution in [2.75, 3.05) is 25.1 Å². The SMILES string of the molecule is CCc1nsc(NCC2(c3cccc(Br)c3)CCOCC2)n1. The molecule has 1 fully saturated rings. The van der Waals surface area contributed by atoms with Gasteiger partial charge in [-0.1, -0.05) is 35.0 Å². The average molecular weight is 382 g/mol. The zero-order valence-electron chi connectivity index (χ0n) is 12.6. The van der Waals surface area contributed by atoms with Crippen LogP contribution >= 0.6 is 27.5 Å². The number of nitrogens with zero attached hydrogens (tertiary/aromatic N) is 2. The third-order valence-corrected chi connectivity index (χ3v) is 5.45. The molecule has 0 saturated carbocycles. The lowest BCUT2D eigenvalue weighted by Crippen LogP contribution is -2.40. The first-order valence-corrected chi connectivity index (χ1v) is 9.19. The highest BCUT2D eigenvalue weighted by atomic mass is 79.9. The highest BCUT2D eigenvalue weighted by molar-refractivity contribution is 9.10. The molecule has 1 aromatic carbocycles. The minimum Gasteiger partial charge on any atom is -0.381 e. The van der Waals surface area contributed by atoms with E-state index in [1.54, 1.807) is 0 Å². The Kier molecular flexibility index (Phi) is 5.10. The molecule has 0 unspecified atom stereocenters. The second-order valence-electron chi connectivity index (χ2n) is 5.63. The summed E-state index contributed by atoms with van der Waals surface area (Å²) < 4.78 is 11.1. The standard InChI is InChI=1S/C16H20BrN3OS/c1-2-14-19-15(22-20-14)18-11-16(6-8-21-9-7-16)12-4-3-5-13(17)10-12/h3-5,10H,2,6-9,11H2,1H3,(H,18,19,20). The van der Waals surface area contributed by atoms with Crippen molar-refractivity contribution >= 4 is 32.6 Å². The predicted molar refractivity (Wildman–Crippen MR) is 93.6 cm³/mol. The first kappa shape index (κ1) is 15.9. The van der Waals surface area contributed by atoms with Gasteiger partial charge in [-0.25, -0.2) is 4.98 Å². The second kappa shape index (κ2) is 7.06. The van der Waals surface area contributed by atoms with Crippen molar-refractivity contribution in [2.24, 2.45) is 0 Å². The van der Waals surface area contributed by atoms with Gasteiger partial charge in [-0.05, 0) is 30.5 Å². The van der Waals surface area contributed by atoms with Crippen molar-refractivity contribution in [1.82, 2.24) is 9.36 Å². The zero-order valence-corrected chi connectivity index (χ0v) is 15.0. The van der Waals surface area contributed by atoms with Crippen molar-refractivity contribution in [3.63, 3.8) is 0 Å². The topological polar surface area (TPSA) is 47.0 Å². The van der Waals surface area contributed by atoms with Crippen LogP contribution in [0.25, 0.3) is 0 Å². The molecule has 4 nitrogen and oxygen atoms in total. The highest BCUT2D eigenvalue weighted by Gasteiger charge is 2.34. The lowest BCUT2D eigenvalue weighted by molar-refractivity contribution is 0.0544. The number of aryl methyl sites for hydroxylation is 1. The predicted octanol–water partition coefficient (Wildman–Crippen LogP) is 4.02. The Morgan fingerprint density at radius 2 is 2.18 bits per heavy atom.